The highest BCUT2D eigenvalue weighted by Crippen LogP contribution is 1.59. The molecule has 0 bridgehead atoms. The second-order valence-corrected chi connectivity index (χ2v) is 1.34. The Morgan fingerprint density at radius 3 is 1.00 bits per heavy atom. The SMILES string of the molecule is O=O.O=S(=O)(O)O. The van der Waals surface area contributed by atoms with Crippen molar-refractivity contribution in [2.75, 3.05) is 0 Å². The Bertz CT molecular complexity index is 98.1. The molecular formula is H2O6S. The molecule has 0 amide bonds. The minimum atomic E-state index is -4.67. The molecule has 0 aliphatic heterocycles. The summed E-state index contributed by atoms with van der Waals surface area (Å²) in [6, 6.07) is 0. The lowest BCUT2D eigenvalue weighted by molar-refractivity contribution is 0.381. The van der Waals surface area contributed by atoms with E-state index in [2.05, 4.69) is 0 Å². The van der Waals surface area contributed by atoms with E-state index in [9.17, 15) is 0 Å². The van der Waals surface area contributed by atoms with Gasteiger partial charge in [-0.25, -0.2) is 0 Å². The summed E-state index contributed by atoms with van der Waals surface area (Å²) in [6.07, 6.45) is 0. The second-order valence-electron chi connectivity index (χ2n) is 0.448. The molecule has 0 atom stereocenters. The maximum Gasteiger partial charge on any atom is 0.394 e. The van der Waals surface area contributed by atoms with Gasteiger partial charge in [-0.3, -0.25) is 9.11 Å². The molecule has 2 N–H and O–H groups in total. The van der Waals surface area contributed by atoms with Crippen LogP contribution >= 0.6 is 0 Å². The molecule has 0 saturated heterocycles. The second kappa shape index (κ2) is 3.65. The molecule has 0 aliphatic rings. The van der Waals surface area contributed by atoms with Crippen molar-refractivity contribution in [2.24, 2.45) is 0 Å². The van der Waals surface area contributed by atoms with Crippen LogP contribution in [0.15, 0.2) is 0 Å². The van der Waals surface area contributed by atoms with Crippen LogP contribution in [0.2, 0.25) is 0 Å². The van der Waals surface area contributed by atoms with Gasteiger partial charge in [0.25, 0.3) is 0 Å². The third kappa shape index (κ3) is 234. The van der Waals surface area contributed by atoms with Gasteiger partial charge in [-0.15, -0.1) is 0 Å². The van der Waals surface area contributed by atoms with Crippen LogP contribution in [0.5, 0.6) is 0 Å². The lowest BCUT2D eigenvalue weighted by atomic mass is 15.3. The maximum atomic E-state index is 8.74. The zero-order valence-corrected chi connectivity index (χ0v) is 3.75. The van der Waals surface area contributed by atoms with Gasteiger partial charge in [0.15, 0.2) is 0 Å². The van der Waals surface area contributed by atoms with E-state index in [0.29, 0.717) is 0 Å². The quantitative estimate of drug-likeness (QED) is 0.424. The van der Waals surface area contributed by atoms with Crippen molar-refractivity contribution < 1.29 is 17.5 Å². The summed E-state index contributed by atoms with van der Waals surface area (Å²) in [5, 5.41) is 0. The third-order valence-corrected chi connectivity index (χ3v) is 0. The lowest BCUT2D eigenvalue weighted by Gasteiger charge is -1.68. The summed E-state index contributed by atoms with van der Waals surface area (Å²) in [4.78, 5) is 14.0. The molecule has 7 heavy (non-hydrogen) atoms. The average Bonchev–Trinajstić information content (AvgIpc) is 1.36. The van der Waals surface area contributed by atoms with Crippen LogP contribution in [0.25, 0.3) is 0 Å². The van der Waals surface area contributed by atoms with E-state index in [-0.39, 0.29) is 0 Å². The van der Waals surface area contributed by atoms with E-state index in [1.807, 2.05) is 0 Å². The molecule has 0 rings (SSSR count). The van der Waals surface area contributed by atoms with E-state index >= 15 is 0 Å². The number of hydrogen-bond acceptors (Lipinski definition) is 4. The van der Waals surface area contributed by atoms with Crippen molar-refractivity contribution in [3.63, 3.8) is 0 Å². The molecule has 6 nitrogen and oxygen atoms in total. The molecular weight excluding hydrogens is 128 g/mol. The minimum Gasteiger partial charge on any atom is -0.264 e. The molecule has 0 fully saturated rings. The topological polar surface area (TPSA) is 109 Å². The molecule has 0 aromatic rings. The van der Waals surface area contributed by atoms with Gasteiger partial charge in [0.1, 0.15) is 0 Å². The number of hydrogen-bond donors (Lipinski definition) is 2. The van der Waals surface area contributed by atoms with Crippen molar-refractivity contribution in [1.29, 1.82) is 0 Å². The lowest BCUT2D eigenvalue weighted by Crippen LogP contribution is -1.89. The van der Waals surface area contributed by atoms with Crippen LogP contribution in [0.3, 0.4) is 0 Å². The summed E-state index contributed by atoms with van der Waals surface area (Å²) in [5.74, 6) is 0. The molecule has 0 spiro atoms. The van der Waals surface area contributed by atoms with E-state index < -0.39 is 10.4 Å². The zero-order chi connectivity index (χ0) is 6.50. The Kier molecular flexibility index (Phi) is 5.06. The van der Waals surface area contributed by atoms with Crippen LogP contribution in [0, 0.1) is 9.93 Å². The predicted molar refractivity (Wildman–Crippen MR) is 20.9 cm³/mol. The summed E-state index contributed by atoms with van der Waals surface area (Å²) < 4.78 is 31.6. The molecule has 0 aromatic carbocycles. The standard InChI is InChI=1S/H2O4S.O2/c1-5(2,3)4;1-2/h(H2,1,2,3,4);. The minimum absolute atomic E-state index is 4.67. The summed E-state index contributed by atoms with van der Waals surface area (Å²) in [6.45, 7) is 0. The highest BCUT2D eigenvalue weighted by Gasteiger charge is 1.84. The van der Waals surface area contributed by atoms with Gasteiger partial charge in [-0.1, -0.05) is 0 Å². The van der Waals surface area contributed by atoms with Crippen LogP contribution in [0.1, 0.15) is 0 Å². The van der Waals surface area contributed by atoms with Gasteiger partial charge in [0, 0.05) is 9.93 Å². The molecule has 0 radical (unpaired) electrons. The Morgan fingerprint density at radius 2 is 1.00 bits per heavy atom. The van der Waals surface area contributed by atoms with Crippen molar-refractivity contribution in [3.8, 4) is 0 Å². The Labute approximate surface area is 38.9 Å². The smallest absolute Gasteiger partial charge is 0.264 e. The van der Waals surface area contributed by atoms with Crippen molar-refractivity contribution in [3.05, 3.63) is 9.93 Å². The predicted octanol–water partition coefficient (Wildman–Crippen LogP) is -0.586. The average molecular weight is 130 g/mol. The van der Waals surface area contributed by atoms with Crippen molar-refractivity contribution in [1.82, 2.24) is 0 Å². The Morgan fingerprint density at radius 1 is 1.00 bits per heavy atom. The van der Waals surface area contributed by atoms with Gasteiger partial charge in [0.2, 0.25) is 0 Å². The zero-order valence-electron chi connectivity index (χ0n) is 2.94. The summed E-state index contributed by atoms with van der Waals surface area (Å²) in [5.41, 5.74) is 0. The highest BCUT2D eigenvalue weighted by atomic mass is 32.3. The first-order chi connectivity index (χ1) is 3.00. The fourth-order valence-electron chi connectivity index (χ4n) is 0. The summed E-state index contributed by atoms with van der Waals surface area (Å²) in [7, 11) is -4.67. The Hall–Kier alpha value is -0.530. The van der Waals surface area contributed by atoms with Gasteiger partial charge in [-0.05, 0) is 0 Å². The van der Waals surface area contributed by atoms with E-state index in [1.54, 1.807) is 0 Å². The Balaban J connectivity index is 0. The molecule has 0 heterocycles. The molecule has 0 aliphatic carbocycles. The normalized spacial score (nSPS) is 8.86. The van der Waals surface area contributed by atoms with Crippen LogP contribution < -0.4 is 0 Å². The van der Waals surface area contributed by atoms with Crippen LogP contribution in [-0.4, -0.2) is 17.5 Å². The van der Waals surface area contributed by atoms with E-state index in [0.717, 1.165) is 0 Å². The first-order valence-electron chi connectivity index (χ1n) is 0.865. The van der Waals surface area contributed by atoms with Gasteiger partial charge in [0.05, 0.1) is 0 Å². The van der Waals surface area contributed by atoms with Crippen molar-refractivity contribution >= 4 is 10.4 Å². The van der Waals surface area contributed by atoms with Gasteiger partial charge in [-0.2, -0.15) is 8.42 Å². The van der Waals surface area contributed by atoms with Crippen molar-refractivity contribution in [2.45, 2.75) is 0 Å². The third-order valence-electron chi connectivity index (χ3n) is 0. The first kappa shape index (κ1) is 9.69. The largest absolute Gasteiger partial charge is 0.394 e. The van der Waals surface area contributed by atoms with Crippen LogP contribution in [-0.2, 0) is 10.4 Å². The van der Waals surface area contributed by atoms with E-state index in [4.69, 9.17) is 27.5 Å². The van der Waals surface area contributed by atoms with Gasteiger partial charge < -0.3 is 0 Å². The van der Waals surface area contributed by atoms with Crippen LogP contribution in [0.4, 0.5) is 0 Å². The molecule has 0 aromatic heterocycles. The molecule has 44 valence electrons. The fourth-order valence-corrected chi connectivity index (χ4v) is 0. The van der Waals surface area contributed by atoms with E-state index in [1.165, 1.54) is 0 Å². The number of rotatable bonds is 0. The molecule has 7 heteroatoms. The molecule has 0 unspecified atom stereocenters. The summed E-state index contributed by atoms with van der Waals surface area (Å²) >= 11 is 0. The van der Waals surface area contributed by atoms with Gasteiger partial charge >= 0.3 is 10.4 Å². The maximum absolute atomic E-state index is 8.74. The fraction of sp³-hybridized carbons (Fsp3) is 0. The molecule has 0 saturated carbocycles. The highest BCUT2D eigenvalue weighted by molar-refractivity contribution is 7.79. The monoisotopic (exact) mass is 130 g/mol. The first-order valence-corrected chi connectivity index (χ1v) is 2.26.